The van der Waals surface area contributed by atoms with Crippen LogP contribution in [-0.4, -0.2) is 21.5 Å². The highest BCUT2D eigenvalue weighted by atomic mass is 32.2. The van der Waals surface area contributed by atoms with E-state index in [-0.39, 0.29) is 4.90 Å². The van der Waals surface area contributed by atoms with Crippen LogP contribution in [0.15, 0.2) is 23.1 Å². The molecule has 0 bridgehead atoms. The minimum absolute atomic E-state index is 0.252. The summed E-state index contributed by atoms with van der Waals surface area (Å²) in [7, 11) is -3.43. The van der Waals surface area contributed by atoms with Crippen LogP contribution in [0.4, 0.5) is 11.4 Å². The van der Waals surface area contributed by atoms with Crippen LogP contribution in [-0.2, 0) is 10.0 Å². The van der Waals surface area contributed by atoms with Gasteiger partial charge in [-0.25, -0.2) is 13.1 Å². The van der Waals surface area contributed by atoms with Crippen LogP contribution in [0.2, 0.25) is 0 Å². The number of hydrogen-bond donors (Lipinski definition) is 3. The zero-order chi connectivity index (χ0) is 14.6. The van der Waals surface area contributed by atoms with Crippen molar-refractivity contribution >= 4 is 21.4 Å². The molecule has 1 aliphatic rings. The molecule has 6 heteroatoms. The average molecular weight is 297 g/mol. The van der Waals surface area contributed by atoms with Gasteiger partial charge in [-0.2, -0.15) is 0 Å². The minimum Gasteiger partial charge on any atom is -0.397 e. The number of hydrogen-bond acceptors (Lipinski definition) is 4. The van der Waals surface area contributed by atoms with Crippen LogP contribution in [0, 0.1) is 5.92 Å². The Hall–Kier alpha value is -1.27. The number of rotatable bonds is 6. The lowest BCUT2D eigenvalue weighted by Crippen LogP contribution is -2.23. The zero-order valence-corrected chi connectivity index (χ0v) is 12.7. The molecule has 0 atom stereocenters. The van der Waals surface area contributed by atoms with Crippen molar-refractivity contribution in [1.82, 2.24) is 4.72 Å². The van der Waals surface area contributed by atoms with Crippen molar-refractivity contribution in [2.75, 3.05) is 24.1 Å². The van der Waals surface area contributed by atoms with Crippen molar-refractivity contribution in [3.8, 4) is 0 Å². The van der Waals surface area contributed by atoms with Crippen molar-refractivity contribution in [2.45, 2.75) is 37.5 Å². The average Bonchev–Trinajstić information content (AvgIpc) is 2.90. The molecule has 0 radical (unpaired) electrons. The molecule has 0 aromatic heterocycles. The van der Waals surface area contributed by atoms with Gasteiger partial charge in [0.1, 0.15) is 0 Å². The quantitative estimate of drug-likeness (QED) is 0.703. The number of sulfonamides is 1. The highest BCUT2D eigenvalue weighted by molar-refractivity contribution is 7.89. The third-order valence-corrected chi connectivity index (χ3v) is 5.27. The number of nitrogen functional groups attached to an aromatic ring is 1. The Morgan fingerprint density at radius 3 is 2.65 bits per heavy atom. The maximum Gasteiger partial charge on any atom is 0.240 e. The van der Waals surface area contributed by atoms with E-state index in [1.54, 1.807) is 19.1 Å². The molecule has 1 fully saturated rings. The molecule has 4 N–H and O–H groups in total. The van der Waals surface area contributed by atoms with E-state index in [4.69, 9.17) is 5.73 Å². The Balaban J connectivity index is 2.11. The topological polar surface area (TPSA) is 84.2 Å². The maximum atomic E-state index is 12.0. The Morgan fingerprint density at radius 2 is 2.00 bits per heavy atom. The van der Waals surface area contributed by atoms with E-state index in [2.05, 4.69) is 10.0 Å². The van der Waals surface area contributed by atoms with E-state index in [1.165, 1.54) is 31.7 Å². The first-order chi connectivity index (χ1) is 9.53. The molecule has 1 aromatic carbocycles. The van der Waals surface area contributed by atoms with Gasteiger partial charge in [0.15, 0.2) is 0 Å². The summed E-state index contributed by atoms with van der Waals surface area (Å²) >= 11 is 0. The molecule has 0 heterocycles. The summed E-state index contributed by atoms with van der Waals surface area (Å²) < 4.78 is 26.4. The van der Waals surface area contributed by atoms with Gasteiger partial charge in [0.05, 0.1) is 16.3 Å². The third kappa shape index (κ3) is 3.64. The van der Waals surface area contributed by atoms with Crippen molar-refractivity contribution in [1.29, 1.82) is 0 Å². The Bertz CT molecular complexity index is 552. The van der Waals surface area contributed by atoms with E-state index in [9.17, 15) is 8.42 Å². The summed E-state index contributed by atoms with van der Waals surface area (Å²) in [4.78, 5) is 0.252. The zero-order valence-electron chi connectivity index (χ0n) is 11.9. The lowest BCUT2D eigenvalue weighted by atomic mass is 10.1. The summed E-state index contributed by atoms with van der Waals surface area (Å²) in [5, 5.41) is 3.29. The highest BCUT2D eigenvalue weighted by Gasteiger charge is 2.17. The standard InChI is InChI=1S/C14H23N3O2S/c1-2-17-20(18,19)12-7-8-13(15)14(9-12)16-10-11-5-3-4-6-11/h7-9,11,16-17H,2-6,10,15H2,1H3. The Morgan fingerprint density at radius 1 is 1.30 bits per heavy atom. The van der Waals surface area contributed by atoms with Gasteiger partial charge in [0.25, 0.3) is 0 Å². The van der Waals surface area contributed by atoms with Gasteiger partial charge in [-0.1, -0.05) is 19.8 Å². The summed E-state index contributed by atoms with van der Waals surface area (Å²) in [6, 6.07) is 4.79. The molecule has 0 spiro atoms. The van der Waals surface area contributed by atoms with Gasteiger partial charge in [-0.15, -0.1) is 0 Å². The van der Waals surface area contributed by atoms with Crippen LogP contribution in [0.25, 0.3) is 0 Å². The number of benzene rings is 1. The van der Waals surface area contributed by atoms with Crippen molar-refractivity contribution in [3.05, 3.63) is 18.2 Å². The van der Waals surface area contributed by atoms with Crippen LogP contribution < -0.4 is 15.8 Å². The van der Waals surface area contributed by atoms with Crippen LogP contribution in [0.3, 0.4) is 0 Å². The molecule has 1 aliphatic carbocycles. The fraction of sp³-hybridized carbons (Fsp3) is 0.571. The van der Waals surface area contributed by atoms with Crippen LogP contribution >= 0.6 is 0 Å². The lowest BCUT2D eigenvalue weighted by Gasteiger charge is -2.15. The van der Waals surface area contributed by atoms with Crippen LogP contribution in [0.1, 0.15) is 32.6 Å². The molecule has 0 unspecified atom stereocenters. The van der Waals surface area contributed by atoms with Crippen molar-refractivity contribution in [2.24, 2.45) is 5.92 Å². The molecular formula is C14H23N3O2S. The molecule has 0 amide bonds. The second-order valence-electron chi connectivity index (χ2n) is 5.28. The summed E-state index contributed by atoms with van der Waals surface area (Å²) in [6.07, 6.45) is 5.05. The molecule has 5 nitrogen and oxygen atoms in total. The van der Waals surface area contributed by atoms with Crippen LogP contribution in [0.5, 0.6) is 0 Å². The van der Waals surface area contributed by atoms with Gasteiger partial charge in [-0.3, -0.25) is 0 Å². The molecular weight excluding hydrogens is 274 g/mol. The van der Waals surface area contributed by atoms with E-state index >= 15 is 0 Å². The molecule has 1 aromatic rings. The molecule has 20 heavy (non-hydrogen) atoms. The fourth-order valence-electron chi connectivity index (χ4n) is 2.60. The van der Waals surface area contributed by atoms with E-state index in [0.717, 1.165) is 6.54 Å². The van der Waals surface area contributed by atoms with Gasteiger partial charge in [0, 0.05) is 13.1 Å². The predicted molar refractivity (Wildman–Crippen MR) is 82.2 cm³/mol. The largest absolute Gasteiger partial charge is 0.397 e. The van der Waals surface area contributed by atoms with Crippen molar-refractivity contribution < 1.29 is 8.42 Å². The second kappa shape index (κ2) is 6.45. The first-order valence-electron chi connectivity index (χ1n) is 7.16. The lowest BCUT2D eigenvalue weighted by molar-refractivity contribution is 0.579. The summed E-state index contributed by atoms with van der Waals surface area (Å²) in [5.41, 5.74) is 7.20. The predicted octanol–water partition coefficient (Wildman–Crippen LogP) is 2.17. The SMILES string of the molecule is CCNS(=O)(=O)c1ccc(N)c(NCC2CCCC2)c1. The van der Waals surface area contributed by atoms with E-state index in [0.29, 0.717) is 23.8 Å². The van der Waals surface area contributed by atoms with Gasteiger partial charge < -0.3 is 11.1 Å². The first-order valence-corrected chi connectivity index (χ1v) is 8.64. The maximum absolute atomic E-state index is 12.0. The first kappa shape index (κ1) is 15.1. The minimum atomic E-state index is -3.43. The van der Waals surface area contributed by atoms with E-state index in [1.807, 2.05) is 0 Å². The fourth-order valence-corrected chi connectivity index (χ4v) is 3.66. The molecule has 112 valence electrons. The summed E-state index contributed by atoms with van der Waals surface area (Å²) in [6.45, 7) is 2.99. The molecule has 0 saturated heterocycles. The van der Waals surface area contributed by atoms with Crippen molar-refractivity contribution in [3.63, 3.8) is 0 Å². The third-order valence-electron chi connectivity index (χ3n) is 3.73. The Labute approximate surface area is 121 Å². The summed E-state index contributed by atoms with van der Waals surface area (Å²) in [5.74, 6) is 0.670. The Kier molecular flexibility index (Phi) is 4.88. The second-order valence-corrected chi connectivity index (χ2v) is 7.05. The number of anilines is 2. The van der Waals surface area contributed by atoms with E-state index < -0.39 is 10.0 Å². The van der Waals surface area contributed by atoms with Gasteiger partial charge in [0.2, 0.25) is 10.0 Å². The smallest absolute Gasteiger partial charge is 0.240 e. The molecule has 1 saturated carbocycles. The highest BCUT2D eigenvalue weighted by Crippen LogP contribution is 2.27. The van der Waals surface area contributed by atoms with Gasteiger partial charge in [-0.05, 0) is 37.0 Å². The normalized spacial score (nSPS) is 16.4. The number of nitrogens with one attached hydrogen (secondary N) is 2. The number of nitrogens with two attached hydrogens (primary N) is 1. The molecule has 0 aliphatic heterocycles. The monoisotopic (exact) mass is 297 g/mol. The van der Waals surface area contributed by atoms with Gasteiger partial charge >= 0.3 is 0 Å². The molecule has 2 rings (SSSR count).